The summed E-state index contributed by atoms with van der Waals surface area (Å²) in [6.07, 6.45) is 0. The second-order valence-corrected chi connectivity index (χ2v) is 9.12. The first kappa shape index (κ1) is 19.6. The van der Waals surface area contributed by atoms with E-state index in [9.17, 15) is 8.42 Å². The number of hydrogen-bond acceptors (Lipinski definition) is 5. The summed E-state index contributed by atoms with van der Waals surface area (Å²) in [6, 6.07) is 10.8. The van der Waals surface area contributed by atoms with Crippen molar-refractivity contribution in [2.45, 2.75) is 31.7 Å². The number of methoxy groups -OCH3 is 1. The van der Waals surface area contributed by atoms with Gasteiger partial charge in [-0.15, -0.1) is 11.3 Å². The number of hydrogen-bond donors (Lipinski definition) is 1. The molecule has 2 heterocycles. The maximum absolute atomic E-state index is 12.9. The van der Waals surface area contributed by atoms with Gasteiger partial charge in [0.15, 0.2) is 0 Å². The van der Waals surface area contributed by atoms with Crippen molar-refractivity contribution < 1.29 is 13.2 Å². The minimum absolute atomic E-state index is 0.142. The van der Waals surface area contributed by atoms with Crippen molar-refractivity contribution >= 4 is 21.4 Å². The Balaban J connectivity index is 1.92. The molecule has 0 saturated heterocycles. The van der Waals surface area contributed by atoms with Crippen LogP contribution in [0.3, 0.4) is 0 Å². The average molecular weight is 406 g/mol. The average Bonchev–Trinajstić information content (AvgIpc) is 3.25. The minimum Gasteiger partial charge on any atom is -0.495 e. The lowest BCUT2D eigenvalue weighted by molar-refractivity contribution is 0.402. The van der Waals surface area contributed by atoms with Crippen LogP contribution in [-0.2, 0) is 10.0 Å². The Morgan fingerprint density at radius 1 is 1.22 bits per heavy atom. The molecule has 8 heteroatoms. The van der Waals surface area contributed by atoms with Crippen LogP contribution in [0.5, 0.6) is 5.75 Å². The highest BCUT2D eigenvalue weighted by atomic mass is 32.2. The number of ether oxygens (including phenoxy) is 1. The predicted octanol–water partition coefficient (Wildman–Crippen LogP) is 3.45. The van der Waals surface area contributed by atoms with Gasteiger partial charge in [-0.05, 0) is 56.0 Å². The van der Waals surface area contributed by atoms with Gasteiger partial charge in [-0.2, -0.15) is 5.10 Å². The van der Waals surface area contributed by atoms with E-state index in [-0.39, 0.29) is 17.5 Å². The third-order valence-corrected chi connectivity index (χ3v) is 6.71. The molecule has 0 saturated carbocycles. The third kappa shape index (κ3) is 4.23. The molecule has 6 nitrogen and oxygen atoms in total. The van der Waals surface area contributed by atoms with Crippen LogP contribution in [0.25, 0.3) is 0 Å². The van der Waals surface area contributed by atoms with Crippen LogP contribution in [0, 0.1) is 20.8 Å². The molecule has 0 aliphatic carbocycles. The topological polar surface area (TPSA) is 73.2 Å². The normalized spacial score (nSPS) is 12.9. The van der Waals surface area contributed by atoms with E-state index in [0.29, 0.717) is 5.75 Å². The Labute approximate surface area is 163 Å². The molecular weight excluding hydrogens is 382 g/mol. The molecule has 3 aromatic rings. The minimum atomic E-state index is -3.74. The zero-order valence-corrected chi connectivity index (χ0v) is 17.4. The molecule has 144 valence electrons. The Morgan fingerprint density at radius 3 is 2.59 bits per heavy atom. The Hall–Kier alpha value is -2.16. The van der Waals surface area contributed by atoms with Crippen molar-refractivity contribution in [2.24, 2.45) is 0 Å². The molecule has 0 radical (unpaired) electrons. The number of benzene rings is 1. The Bertz CT molecular complexity index is 1020. The fourth-order valence-electron chi connectivity index (χ4n) is 3.01. The highest BCUT2D eigenvalue weighted by Crippen LogP contribution is 2.27. The van der Waals surface area contributed by atoms with Gasteiger partial charge in [-0.3, -0.25) is 4.68 Å². The molecule has 1 atom stereocenters. The zero-order chi connectivity index (χ0) is 19.6. The number of nitrogens with zero attached hydrogens (tertiary/aromatic N) is 2. The van der Waals surface area contributed by atoms with Crippen LogP contribution in [0.1, 0.15) is 27.9 Å². The van der Waals surface area contributed by atoms with E-state index in [2.05, 4.69) is 9.82 Å². The summed E-state index contributed by atoms with van der Waals surface area (Å²) < 4.78 is 35.7. The van der Waals surface area contributed by atoms with Gasteiger partial charge in [0.2, 0.25) is 10.0 Å². The third-order valence-electron chi connectivity index (χ3n) is 4.29. The van der Waals surface area contributed by atoms with Crippen LogP contribution in [-0.4, -0.2) is 31.9 Å². The van der Waals surface area contributed by atoms with Crippen molar-refractivity contribution in [1.29, 1.82) is 0 Å². The quantitative estimate of drug-likeness (QED) is 0.653. The van der Waals surface area contributed by atoms with Gasteiger partial charge in [0.25, 0.3) is 0 Å². The number of rotatable bonds is 7. The van der Waals surface area contributed by atoms with E-state index >= 15 is 0 Å². The molecule has 3 rings (SSSR count). The summed E-state index contributed by atoms with van der Waals surface area (Å²) in [6.45, 7) is 5.94. The van der Waals surface area contributed by atoms with Gasteiger partial charge < -0.3 is 4.74 Å². The van der Waals surface area contributed by atoms with Crippen LogP contribution in [0.4, 0.5) is 0 Å². The van der Waals surface area contributed by atoms with E-state index in [1.807, 2.05) is 55.1 Å². The first-order chi connectivity index (χ1) is 12.8. The van der Waals surface area contributed by atoms with E-state index in [1.54, 1.807) is 23.5 Å². The number of sulfonamides is 1. The van der Waals surface area contributed by atoms with E-state index < -0.39 is 10.0 Å². The molecule has 2 aromatic heterocycles. The van der Waals surface area contributed by atoms with E-state index in [4.69, 9.17) is 4.74 Å². The molecule has 27 heavy (non-hydrogen) atoms. The van der Waals surface area contributed by atoms with E-state index in [0.717, 1.165) is 21.8 Å². The SMILES string of the molecule is COc1ccc(C)cc1S(=O)(=O)NCC(c1cccs1)n1nc(C)cc1C. The molecule has 1 unspecified atom stereocenters. The van der Waals surface area contributed by atoms with Crippen molar-refractivity contribution in [2.75, 3.05) is 13.7 Å². The molecule has 0 aliphatic rings. The number of nitrogens with one attached hydrogen (secondary N) is 1. The number of thiophene rings is 1. The second kappa shape index (κ2) is 7.84. The first-order valence-corrected chi connectivity index (χ1v) is 10.9. The van der Waals surface area contributed by atoms with Gasteiger partial charge in [-0.1, -0.05) is 12.1 Å². The Kier molecular flexibility index (Phi) is 5.69. The summed E-state index contributed by atoms with van der Waals surface area (Å²) in [7, 11) is -2.27. The fraction of sp³-hybridized carbons (Fsp3) is 0.316. The Morgan fingerprint density at radius 2 is 2.00 bits per heavy atom. The lowest BCUT2D eigenvalue weighted by Gasteiger charge is -2.19. The monoisotopic (exact) mass is 405 g/mol. The van der Waals surface area contributed by atoms with Gasteiger partial charge in [0.05, 0.1) is 18.8 Å². The standard InChI is InChI=1S/C19H23N3O3S2/c1-13-7-8-17(25-4)19(10-13)27(23,24)20-12-16(18-6-5-9-26-18)22-15(3)11-14(2)21-22/h5-11,16,20H,12H2,1-4H3. The first-order valence-electron chi connectivity index (χ1n) is 8.52. The molecule has 0 aliphatic heterocycles. The van der Waals surface area contributed by atoms with Gasteiger partial charge in [0.1, 0.15) is 10.6 Å². The van der Waals surface area contributed by atoms with Gasteiger partial charge in [0, 0.05) is 17.1 Å². The lowest BCUT2D eigenvalue weighted by atomic mass is 10.2. The summed E-state index contributed by atoms with van der Waals surface area (Å²) in [4.78, 5) is 1.18. The van der Waals surface area contributed by atoms with E-state index in [1.165, 1.54) is 7.11 Å². The van der Waals surface area contributed by atoms with Crippen LogP contribution < -0.4 is 9.46 Å². The number of aromatic nitrogens is 2. The molecule has 0 bridgehead atoms. The summed E-state index contributed by atoms with van der Waals surface area (Å²) >= 11 is 1.58. The maximum atomic E-state index is 12.9. The summed E-state index contributed by atoms with van der Waals surface area (Å²) in [5, 5.41) is 6.53. The lowest BCUT2D eigenvalue weighted by Crippen LogP contribution is -2.32. The smallest absolute Gasteiger partial charge is 0.244 e. The number of aryl methyl sites for hydroxylation is 3. The van der Waals surface area contributed by atoms with Gasteiger partial charge >= 0.3 is 0 Å². The molecular formula is C19H23N3O3S2. The van der Waals surface area contributed by atoms with Gasteiger partial charge in [-0.25, -0.2) is 13.1 Å². The highest BCUT2D eigenvalue weighted by molar-refractivity contribution is 7.89. The van der Waals surface area contributed by atoms with Crippen molar-refractivity contribution in [3.05, 3.63) is 63.6 Å². The molecule has 0 spiro atoms. The largest absolute Gasteiger partial charge is 0.495 e. The van der Waals surface area contributed by atoms with Crippen molar-refractivity contribution in [3.8, 4) is 5.75 Å². The van der Waals surface area contributed by atoms with Crippen LogP contribution in [0.2, 0.25) is 0 Å². The summed E-state index contributed by atoms with van der Waals surface area (Å²) in [5.41, 5.74) is 2.74. The summed E-state index contributed by atoms with van der Waals surface area (Å²) in [5.74, 6) is 0.326. The fourth-order valence-corrected chi connectivity index (χ4v) is 5.11. The second-order valence-electron chi connectivity index (χ2n) is 6.41. The van der Waals surface area contributed by atoms with Crippen LogP contribution >= 0.6 is 11.3 Å². The van der Waals surface area contributed by atoms with Crippen LogP contribution in [0.15, 0.2) is 46.7 Å². The zero-order valence-electron chi connectivity index (χ0n) is 15.8. The van der Waals surface area contributed by atoms with Crippen molar-refractivity contribution in [1.82, 2.24) is 14.5 Å². The predicted molar refractivity (Wildman–Crippen MR) is 107 cm³/mol. The molecule has 0 amide bonds. The highest BCUT2D eigenvalue weighted by Gasteiger charge is 2.24. The maximum Gasteiger partial charge on any atom is 0.244 e. The molecule has 1 aromatic carbocycles. The van der Waals surface area contributed by atoms with Crippen molar-refractivity contribution in [3.63, 3.8) is 0 Å². The molecule has 0 fully saturated rings. The molecule has 1 N–H and O–H groups in total.